The molecule has 0 atom stereocenters. The average molecular weight is 397 g/mol. The SMILES string of the molecule is CCNC(=NCC1(OC)CCOCC1)N1CCCC1.I. The Bertz CT molecular complexity index is 301. The second-order valence-corrected chi connectivity index (χ2v) is 5.36. The van der Waals surface area contributed by atoms with Crippen LogP contribution in [0.3, 0.4) is 0 Å². The molecular formula is C14H28IN3O2. The molecule has 0 spiro atoms. The van der Waals surface area contributed by atoms with Crippen LogP contribution < -0.4 is 5.32 Å². The highest BCUT2D eigenvalue weighted by atomic mass is 127. The predicted molar refractivity (Wildman–Crippen MR) is 92.0 cm³/mol. The molecule has 2 aliphatic rings. The van der Waals surface area contributed by atoms with Crippen LogP contribution in [-0.4, -0.2) is 63.0 Å². The minimum atomic E-state index is -0.126. The fourth-order valence-electron chi connectivity index (χ4n) is 2.74. The van der Waals surface area contributed by atoms with Gasteiger partial charge >= 0.3 is 0 Å². The Morgan fingerprint density at radius 1 is 1.30 bits per heavy atom. The zero-order chi connectivity index (χ0) is 13.6. The average Bonchev–Trinajstić information content (AvgIpc) is 2.98. The summed E-state index contributed by atoms with van der Waals surface area (Å²) >= 11 is 0. The first kappa shape index (κ1) is 18.0. The third-order valence-electron chi connectivity index (χ3n) is 4.09. The monoisotopic (exact) mass is 397 g/mol. The van der Waals surface area contributed by atoms with Gasteiger partial charge in [-0.3, -0.25) is 4.99 Å². The molecule has 0 aromatic rings. The molecule has 2 heterocycles. The number of ether oxygens (including phenoxy) is 2. The highest BCUT2D eigenvalue weighted by molar-refractivity contribution is 14.0. The summed E-state index contributed by atoms with van der Waals surface area (Å²) in [4.78, 5) is 7.17. The fraction of sp³-hybridized carbons (Fsp3) is 0.929. The van der Waals surface area contributed by atoms with Gasteiger partial charge in [-0.25, -0.2) is 0 Å². The first-order valence-corrected chi connectivity index (χ1v) is 7.46. The molecule has 6 heteroatoms. The Labute approximate surface area is 139 Å². The Balaban J connectivity index is 0.00000200. The zero-order valence-corrected chi connectivity index (χ0v) is 15.0. The van der Waals surface area contributed by atoms with Crippen molar-refractivity contribution in [1.29, 1.82) is 0 Å². The minimum Gasteiger partial charge on any atom is -0.381 e. The summed E-state index contributed by atoms with van der Waals surface area (Å²) in [5.74, 6) is 1.04. The van der Waals surface area contributed by atoms with Crippen LogP contribution in [0.25, 0.3) is 0 Å². The van der Waals surface area contributed by atoms with Crippen molar-refractivity contribution in [3.8, 4) is 0 Å². The highest BCUT2D eigenvalue weighted by Crippen LogP contribution is 2.25. The van der Waals surface area contributed by atoms with E-state index in [0.717, 1.165) is 58.2 Å². The van der Waals surface area contributed by atoms with Gasteiger partial charge in [0.15, 0.2) is 5.96 Å². The van der Waals surface area contributed by atoms with Gasteiger partial charge in [0, 0.05) is 52.8 Å². The van der Waals surface area contributed by atoms with Gasteiger partial charge in [0.1, 0.15) is 0 Å². The number of nitrogens with zero attached hydrogens (tertiary/aromatic N) is 2. The number of guanidine groups is 1. The van der Waals surface area contributed by atoms with Crippen molar-refractivity contribution in [2.75, 3.05) is 46.5 Å². The number of halogens is 1. The summed E-state index contributed by atoms with van der Waals surface area (Å²) in [6, 6.07) is 0. The molecule has 5 nitrogen and oxygen atoms in total. The van der Waals surface area contributed by atoms with Crippen molar-refractivity contribution >= 4 is 29.9 Å². The summed E-state index contributed by atoms with van der Waals surface area (Å²) in [5, 5.41) is 3.39. The van der Waals surface area contributed by atoms with E-state index in [1.54, 1.807) is 7.11 Å². The lowest BCUT2D eigenvalue weighted by molar-refractivity contribution is -0.0829. The lowest BCUT2D eigenvalue weighted by atomic mass is 9.94. The topological polar surface area (TPSA) is 46.1 Å². The molecular weight excluding hydrogens is 369 g/mol. The van der Waals surface area contributed by atoms with E-state index < -0.39 is 0 Å². The summed E-state index contributed by atoms with van der Waals surface area (Å²) in [5.41, 5.74) is -0.126. The summed E-state index contributed by atoms with van der Waals surface area (Å²) < 4.78 is 11.2. The van der Waals surface area contributed by atoms with Crippen LogP contribution in [0.15, 0.2) is 4.99 Å². The molecule has 2 rings (SSSR count). The second-order valence-electron chi connectivity index (χ2n) is 5.36. The molecule has 0 amide bonds. The molecule has 2 saturated heterocycles. The molecule has 20 heavy (non-hydrogen) atoms. The van der Waals surface area contributed by atoms with E-state index in [4.69, 9.17) is 14.5 Å². The van der Waals surface area contributed by atoms with Gasteiger partial charge < -0.3 is 19.7 Å². The van der Waals surface area contributed by atoms with E-state index in [1.807, 2.05) is 0 Å². The van der Waals surface area contributed by atoms with Crippen LogP contribution in [-0.2, 0) is 9.47 Å². The molecule has 0 aromatic carbocycles. The Morgan fingerprint density at radius 3 is 2.50 bits per heavy atom. The van der Waals surface area contributed by atoms with Crippen molar-refractivity contribution in [2.45, 2.75) is 38.2 Å². The van der Waals surface area contributed by atoms with Crippen LogP contribution in [0.1, 0.15) is 32.6 Å². The number of aliphatic imine (C=N–C) groups is 1. The summed E-state index contributed by atoms with van der Waals surface area (Å²) in [6.45, 7) is 7.56. The predicted octanol–water partition coefficient (Wildman–Crippen LogP) is 1.86. The molecule has 118 valence electrons. The van der Waals surface area contributed by atoms with Crippen molar-refractivity contribution in [1.82, 2.24) is 10.2 Å². The Hall–Kier alpha value is -0.0800. The Kier molecular flexibility index (Phi) is 8.13. The number of methoxy groups -OCH3 is 1. The molecule has 0 saturated carbocycles. The standard InChI is InChI=1S/C14H27N3O2.HI/c1-3-15-13(17-8-4-5-9-17)16-12-14(18-2)6-10-19-11-7-14;/h3-12H2,1-2H3,(H,15,16);1H. The van der Waals surface area contributed by atoms with Gasteiger partial charge in [-0.1, -0.05) is 0 Å². The molecule has 0 aliphatic carbocycles. The quantitative estimate of drug-likeness (QED) is 0.447. The van der Waals surface area contributed by atoms with Crippen molar-refractivity contribution in [3.05, 3.63) is 0 Å². The normalized spacial score (nSPS) is 22.5. The lowest BCUT2D eigenvalue weighted by Crippen LogP contribution is -2.44. The van der Waals surface area contributed by atoms with Crippen LogP contribution in [0.4, 0.5) is 0 Å². The van der Waals surface area contributed by atoms with E-state index in [1.165, 1.54) is 12.8 Å². The number of likely N-dealkylation sites (tertiary alicyclic amines) is 1. The first-order chi connectivity index (χ1) is 9.29. The minimum absolute atomic E-state index is 0. The molecule has 0 unspecified atom stereocenters. The van der Waals surface area contributed by atoms with Gasteiger partial charge in [0.05, 0.1) is 12.1 Å². The van der Waals surface area contributed by atoms with Gasteiger partial charge in [-0.15, -0.1) is 24.0 Å². The lowest BCUT2D eigenvalue weighted by Gasteiger charge is -2.35. The third kappa shape index (κ3) is 4.73. The maximum absolute atomic E-state index is 5.74. The number of hydrogen-bond donors (Lipinski definition) is 1. The van der Waals surface area contributed by atoms with E-state index in [2.05, 4.69) is 17.1 Å². The maximum atomic E-state index is 5.74. The highest BCUT2D eigenvalue weighted by Gasteiger charge is 2.32. The van der Waals surface area contributed by atoms with Gasteiger partial charge in [0.2, 0.25) is 0 Å². The van der Waals surface area contributed by atoms with Crippen molar-refractivity contribution in [2.24, 2.45) is 4.99 Å². The maximum Gasteiger partial charge on any atom is 0.194 e. The fourth-order valence-corrected chi connectivity index (χ4v) is 2.74. The molecule has 1 N–H and O–H groups in total. The van der Waals surface area contributed by atoms with Gasteiger partial charge in [-0.2, -0.15) is 0 Å². The van der Waals surface area contributed by atoms with Gasteiger partial charge in [0.25, 0.3) is 0 Å². The van der Waals surface area contributed by atoms with E-state index >= 15 is 0 Å². The van der Waals surface area contributed by atoms with Crippen molar-refractivity contribution < 1.29 is 9.47 Å². The largest absolute Gasteiger partial charge is 0.381 e. The third-order valence-corrected chi connectivity index (χ3v) is 4.09. The van der Waals surface area contributed by atoms with E-state index in [0.29, 0.717) is 0 Å². The van der Waals surface area contributed by atoms with E-state index in [-0.39, 0.29) is 29.6 Å². The molecule has 0 bridgehead atoms. The number of rotatable bonds is 4. The molecule has 0 radical (unpaired) electrons. The number of hydrogen-bond acceptors (Lipinski definition) is 3. The van der Waals surface area contributed by atoms with Crippen LogP contribution in [0.5, 0.6) is 0 Å². The summed E-state index contributed by atoms with van der Waals surface area (Å²) in [6.07, 6.45) is 4.42. The van der Waals surface area contributed by atoms with Gasteiger partial charge in [-0.05, 0) is 19.8 Å². The smallest absolute Gasteiger partial charge is 0.194 e. The number of nitrogens with one attached hydrogen (secondary N) is 1. The summed E-state index contributed by atoms with van der Waals surface area (Å²) in [7, 11) is 1.80. The second kappa shape index (κ2) is 9.04. The molecule has 2 fully saturated rings. The van der Waals surface area contributed by atoms with Crippen LogP contribution >= 0.6 is 24.0 Å². The first-order valence-electron chi connectivity index (χ1n) is 7.46. The molecule has 2 aliphatic heterocycles. The van der Waals surface area contributed by atoms with Crippen LogP contribution in [0.2, 0.25) is 0 Å². The van der Waals surface area contributed by atoms with Crippen LogP contribution in [0, 0.1) is 0 Å². The van der Waals surface area contributed by atoms with Crippen molar-refractivity contribution in [3.63, 3.8) is 0 Å². The van der Waals surface area contributed by atoms with E-state index in [9.17, 15) is 0 Å². The Morgan fingerprint density at radius 2 is 1.95 bits per heavy atom. The zero-order valence-electron chi connectivity index (χ0n) is 12.7. The molecule has 0 aromatic heterocycles.